The first-order chi connectivity index (χ1) is 10.0. The molecule has 1 atom stereocenters. The molecule has 1 N–H and O–H groups in total. The maximum atomic E-state index is 13.9. The largest absolute Gasteiger partial charge is 0.306 e. The monoisotopic (exact) mass is 305 g/mol. The summed E-state index contributed by atoms with van der Waals surface area (Å²) in [4.78, 5) is 0. The van der Waals surface area contributed by atoms with Gasteiger partial charge in [0.2, 0.25) is 0 Å². The lowest BCUT2D eigenvalue weighted by molar-refractivity contribution is 0.586. The van der Waals surface area contributed by atoms with Crippen molar-refractivity contribution < 1.29 is 4.39 Å². The third-order valence-corrected chi connectivity index (χ3v) is 3.95. The smallest absolute Gasteiger partial charge is 0.129 e. The Labute approximate surface area is 131 Å². The topological polar surface area (TPSA) is 12.0 Å². The summed E-state index contributed by atoms with van der Waals surface area (Å²) in [5.74, 6) is -0.132. The molecule has 1 unspecified atom stereocenters. The normalized spacial score (nSPS) is 12.4. The molecule has 2 aromatic carbocycles. The standard InChI is InChI=1S/C18H21ClFN/c1-4-9-21-18(15-7-5-6-8-16(15)19)14-10-12(2)17(20)13(3)11-14/h5-8,10-11,18,21H,4,9H2,1-3H3. The Kier molecular flexibility index (Phi) is 5.38. The third kappa shape index (κ3) is 3.63. The number of nitrogens with one attached hydrogen (secondary N) is 1. The second kappa shape index (κ2) is 7.06. The van der Waals surface area contributed by atoms with Gasteiger partial charge in [0.15, 0.2) is 0 Å². The number of halogens is 2. The Balaban J connectivity index is 2.48. The first-order valence-electron chi connectivity index (χ1n) is 7.29. The van der Waals surface area contributed by atoms with Crippen molar-refractivity contribution in [1.29, 1.82) is 0 Å². The van der Waals surface area contributed by atoms with E-state index in [1.807, 2.05) is 36.4 Å². The van der Waals surface area contributed by atoms with Crippen LogP contribution in [0, 0.1) is 19.7 Å². The molecule has 112 valence electrons. The van der Waals surface area contributed by atoms with Gasteiger partial charge in [-0.3, -0.25) is 0 Å². The quantitative estimate of drug-likeness (QED) is 0.802. The van der Waals surface area contributed by atoms with E-state index in [0.717, 1.165) is 29.1 Å². The molecule has 0 saturated carbocycles. The Morgan fingerprint density at radius 1 is 1.14 bits per heavy atom. The second-order valence-electron chi connectivity index (χ2n) is 5.38. The predicted molar refractivity (Wildman–Crippen MR) is 87.5 cm³/mol. The lowest BCUT2D eigenvalue weighted by Gasteiger charge is -2.22. The maximum Gasteiger partial charge on any atom is 0.129 e. The number of aryl methyl sites for hydroxylation is 2. The van der Waals surface area contributed by atoms with Gasteiger partial charge in [-0.05, 0) is 55.1 Å². The van der Waals surface area contributed by atoms with Crippen LogP contribution in [0.1, 0.15) is 41.6 Å². The van der Waals surface area contributed by atoms with E-state index in [-0.39, 0.29) is 11.9 Å². The van der Waals surface area contributed by atoms with Gasteiger partial charge in [0.1, 0.15) is 5.82 Å². The number of rotatable bonds is 5. The van der Waals surface area contributed by atoms with Crippen molar-refractivity contribution in [1.82, 2.24) is 5.32 Å². The summed E-state index contributed by atoms with van der Waals surface area (Å²) in [5.41, 5.74) is 3.41. The predicted octanol–water partition coefficient (Wildman–Crippen LogP) is 5.18. The molecular weight excluding hydrogens is 285 g/mol. The van der Waals surface area contributed by atoms with E-state index in [1.54, 1.807) is 13.8 Å². The number of benzene rings is 2. The SMILES string of the molecule is CCCNC(c1cc(C)c(F)c(C)c1)c1ccccc1Cl. The average Bonchev–Trinajstić information content (AvgIpc) is 2.46. The average molecular weight is 306 g/mol. The summed E-state index contributed by atoms with van der Waals surface area (Å²) in [5, 5.41) is 4.24. The van der Waals surface area contributed by atoms with Crippen molar-refractivity contribution in [2.24, 2.45) is 0 Å². The molecule has 1 nitrogen and oxygen atoms in total. The highest BCUT2D eigenvalue weighted by atomic mass is 35.5. The van der Waals surface area contributed by atoms with Crippen molar-refractivity contribution in [3.63, 3.8) is 0 Å². The lowest BCUT2D eigenvalue weighted by Crippen LogP contribution is -2.23. The third-order valence-electron chi connectivity index (χ3n) is 3.61. The van der Waals surface area contributed by atoms with E-state index in [1.165, 1.54) is 0 Å². The van der Waals surface area contributed by atoms with Crippen LogP contribution in [0.3, 0.4) is 0 Å². The van der Waals surface area contributed by atoms with Gasteiger partial charge in [0, 0.05) is 5.02 Å². The molecule has 0 aliphatic heterocycles. The van der Waals surface area contributed by atoms with Crippen LogP contribution >= 0.6 is 11.6 Å². The molecular formula is C18H21ClFN. The fourth-order valence-electron chi connectivity index (χ4n) is 2.55. The molecule has 21 heavy (non-hydrogen) atoms. The van der Waals surface area contributed by atoms with E-state index in [2.05, 4.69) is 12.2 Å². The zero-order chi connectivity index (χ0) is 15.4. The van der Waals surface area contributed by atoms with Gasteiger partial charge >= 0.3 is 0 Å². The summed E-state index contributed by atoms with van der Waals surface area (Å²) >= 11 is 6.34. The van der Waals surface area contributed by atoms with Gasteiger partial charge in [-0.2, -0.15) is 0 Å². The van der Waals surface area contributed by atoms with Crippen molar-refractivity contribution >= 4 is 11.6 Å². The van der Waals surface area contributed by atoms with Crippen molar-refractivity contribution in [2.45, 2.75) is 33.2 Å². The van der Waals surface area contributed by atoms with Crippen molar-refractivity contribution in [2.75, 3.05) is 6.54 Å². The van der Waals surface area contributed by atoms with Crippen molar-refractivity contribution in [3.8, 4) is 0 Å². The summed E-state index contributed by atoms with van der Waals surface area (Å²) < 4.78 is 13.9. The molecule has 0 aromatic heterocycles. The van der Waals surface area contributed by atoms with Gasteiger partial charge in [-0.1, -0.05) is 48.9 Å². The van der Waals surface area contributed by atoms with E-state index in [4.69, 9.17) is 11.6 Å². The Bertz CT molecular complexity index is 601. The van der Waals surface area contributed by atoms with Crippen LogP contribution in [0.2, 0.25) is 5.02 Å². The van der Waals surface area contributed by atoms with E-state index in [9.17, 15) is 4.39 Å². The molecule has 3 heteroatoms. The molecule has 0 aliphatic rings. The van der Waals surface area contributed by atoms with Crippen LogP contribution in [0.4, 0.5) is 4.39 Å². The minimum Gasteiger partial charge on any atom is -0.306 e. The highest BCUT2D eigenvalue weighted by molar-refractivity contribution is 6.31. The van der Waals surface area contributed by atoms with Crippen LogP contribution in [-0.2, 0) is 0 Å². The fourth-order valence-corrected chi connectivity index (χ4v) is 2.80. The van der Waals surface area contributed by atoms with E-state index >= 15 is 0 Å². The Hall–Kier alpha value is -1.38. The van der Waals surface area contributed by atoms with Crippen LogP contribution < -0.4 is 5.32 Å². The molecule has 0 saturated heterocycles. The van der Waals surface area contributed by atoms with Crippen LogP contribution in [0.15, 0.2) is 36.4 Å². The molecule has 0 heterocycles. The molecule has 0 amide bonds. The summed E-state index contributed by atoms with van der Waals surface area (Å²) in [6, 6.07) is 11.6. The van der Waals surface area contributed by atoms with Gasteiger partial charge in [-0.25, -0.2) is 4.39 Å². The summed E-state index contributed by atoms with van der Waals surface area (Å²) in [7, 11) is 0. The molecule has 0 aliphatic carbocycles. The second-order valence-corrected chi connectivity index (χ2v) is 5.78. The summed E-state index contributed by atoms with van der Waals surface area (Å²) in [6.07, 6.45) is 1.03. The van der Waals surface area contributed by atoms with Crippen LogP contribution in [0.25, 0.3) is 0 Å². The molecule has 2 aromatic rings. The number of hydrogen-bond donors (Lipinski definition) is 1. The zero-order valence-corrected chi connectivity index (χ0v) is 13.5. The van der Waals surface area contributed by atoms with Gasteiger partial charge in [0.25, 0.3) is 0 Å². The minimum absolute atomic E-state index is 0.0170. The van der Waals surface area contributed by atoms with Gasteiger partial charge < -0.3 is 5.32 Å². The van der Waals surface area contributed by atoms with Crippen LogP contribution in [0.5, 0.6) is 0 Å². The molecule has 0 fully saturated rings. The molecule has 2 rings (SSSR count). The first-order valence-corrected chi connectivity index (χ1v) is 7.66. The lowest BCUT2D eigenvalue weighted by atomic mass is 9.95. The van der Waals surface area contributed by atoms with Crippen molar-refractivity contribution in [3.05, 3.63) is 69.5 Å². The fraction of sp³-hybridized carbons (Fsp3) is 0.333. The van der Waals surface area contributed by atoms with Gasteiger partial charge in [0.05, 0.1) is 6.04 Å². The summed E-state index contributed by atoms with van der Waals surface area (Å²) in [6.45, 7) is 6.60. The zero-order valence-electron chi connectivity index (χ0n) is 12.7. The Morgan fingerprint density at radius 3 is 2.33 bits per heavy atom. The highest BCUT2D eigenvalue weighted by Gasteiger charge is 2.18. The van der Waals surface area contributed by atoms with E-state index < -0.39 is 0 Å². The first kappa shape index (κ1) is 16.0. The molecule has 0 radical (unpaired) electrons. The van der Waals surface area contributed by atoms with Crippen LogP contribution in [-0.4, -0.2) is 6.54 Å². The number of hydrogen-bond acceptors (Lipinski definition) is 1. The highest BCUT2D eigenvalue weighted by Crippen LogP contribution is 2.30. The Morgan fingerprint density at radius 2 is 1.76 bits per heavy atom. The van der Waals surface area contributed by atoms with Gasteiger partial charge in [-0.15, -0.1) is 0 Å². The minimum atomic E-state index is -0.132. The maximum absolute atomic E-state index is 13.9. The molecule has 0 spiro atoms. The molecule has 0 bridgehead atoms. The van der Waals surface area contributed by atoms with E-state index in [0.29, 0.717) is 11.1 Å².